The van der Waals surface area contributed by atoms with Crippen LogP contribution in [0.15, 0.2) is 54.6 Å². The normalized spacial score (nSPS) is 20.1. The van der Waals surface area contributed by atoms with Gasteiger partial charge in [0.05, 0.1) is 25.9 Å². The summed E-state index contributed by atoms with van der Waals surface area (Å²) in [5.74, 6) is -0.784. The number of benzene rings is 2. The molecule has 5 atom stereocenters. The number of hydrogen-bond acceptors (Lipinski definition) is 7. The van der Waals surface area contributed by atoms with Gasteiger partial charge in [-0.1, -0.05) is 42.5 Å². The predicted molar refractivity (Wildman–Crippen MR) is 130 cm³/mol. The molecule has 5 unspecified atom stereocenters. The lowest BCUT2D eigenvalue weighted by Crippen LogP contribution is -2.58. The standard InChI is InChI=1S/C26H33N3O6/c1-16(30)22(27)25(33)29-21(14-18-9-11-19(34-3)12-10-18)24(32)28-20(23(31)26(2)15-35-26)13-17-7-5-4-6-8-17/h4-12,16,20-22,30H,13-15,27H2,1-3H3,(H,28,32)(H,29,33). The van der Waals surface area contributed by atoms with Crippen LogP contribution >= 0.6 is 0 Å². The topological polar surface area (TPSA) is 143 Å². The molecule has 35 heavy (non-hydrogen) atoms. The lowest BCUT2D eigenvalue weighted by Gasteiger charge is -2.25. The summed E-state index contributed by atoms with van der Waals surface area (Å²) in [6.45, 7) is 3.38. The molecule has 188 valence electrons. The predicted octanol–water partition coefficient (Wildman–Crippen LogP) is 0.516. The lowest BCUT2D eigenvalue weighted by atomic mass is 9.94. The Morgan fingerprint density at radius 1 is 1.00 bits per heavy atom. The summed E-state index contributed by atoms with van der Waals surface area (Å²) >= 11 is 0. The average molecular weight is 484 g/mol. The van der Waals surface area contributed by atoms with Gasteiger partial charge in [0.15, 0.2) is 5.78 Å². The Morgan fingerprint density at radius 3 is 2.09 bits per heavy atom. The van der Waals surface area contributed by atoms with Crippen LogP contribution in [-0.2, 0) is 32.0 Å². The number of nitrogens with one attached hydrogen (secondary N) is 2. The van der Waals surface area contributed by atoms with Crippen molar-refractivity contribution in [1.82, 2.24) is 10.6 Å². The maximum absolute atomic E-state index is 13.4. The minimum absolute atomic E-state index is 0.147. The van der Waals surface area contributed by atoms with Gasteiger partial charge in [0.25, 0.3) is 0 Å². The van der Waals surface area contributed by atoms with Crippen LogP contribution in [0.4, 0.5) is 0 Å². The third kappa shape index (κ3) is 7.11. The van der Waals surface area contributed by atoms with Gasteiger partial charge in [-0.3, -0.25) is 14.4 Å². The van der Waals surface area contributed by atoms with Crippen molar-refractivity contribution >= 4 is 17.6 Å². The SMILES string of the molecule is COc1ccc(CC(NC(=O)C(N)C(C)O)C(=O)NC(Cc2ccccc2)C(=O)C2(C)CO2)cc1. The molecule has 9 heteroatoms. The van der Waals surface area contributed by atoms with E-state index in [-0.39, 0.29) is 18.6 Å². The third-order valence-electron chi connectivity index (χ3n) is 6.07. The first-order valence-corrected chi connectivity index (χ1v) is 11.5. The molecular formula is C26H33N3O6. The van der Waals surface area contributed by atoms with Crippen LogP contribution in [0.1, 0.15) is 25.0 Å². The minimum Gasteiger partial charge on any atom is -0.497 e. The Hall–Kier alpha value is -3.27. The van der Waals surface area contributed by atoms with E-state index in [1.807, 2.05) is 30.3 Å². The monoisotopic (exact) mass is 483 g/mol. The summed E-state index contributed by atoms with van der Waals surface area (Å²) in [5.41, 5.74) is 6.48. The Labute approximate surface area is 205 Å². The van der Waals surface area contributed by atoms with Crippen molar-refractivity contribution in [3.05, 3.63) is 65.7 Å². The Bertz CT molecular complexity index is 1020. The van der Waals surface area contributed by atoms with Gasteiger partial charge < -0.3 is 30.9 Å². The molecule has 2 amide bonds. The number of nitrogens with two attached hydrogens (primary N) is 1. The highest BCUT2D eigenvalue weighted by atomic mass is 16.6. The number of Topliss-reactive ketones (excluding diaryl/α,β-unsaturated/α-hetero) is 1. The van der Waals surface area contributed by atoms with Crippen molar-refractivity contribution in [2.45, 2.75) is 56.5 Å². The molecule has 9 nitrogen and oxygen atoms in total. The van der Waals surface area contributed by atoms with E-state index < -0.39 is 41.6 Å². The van der Waals surface area contributed by atoms with Gasteiger partial charge in [-0.25, -0.2) is 0 Å². The summed E-state index contributed by atoms with van der Waals surface area (Å²) in [6.07, 6.45) is -0.673. The molecule has 0 aromatic heterocycles. The lowest BCUT2D eigenvalue weighted by molar-refractivity contribution is -0.133. The highest BCUT2D eigenvalue weighted by Gasteiger charge is 2.50. The molecule has 1 fully saturated rings. The number of ketones is 1. The fourth-order valence-electron chi connectivity index (χ4n) is 3.64. The van der Waals surface area contributed by atoms with E-state index in [1.165, 1.54) is 6.92 Å². The number of ether oxygens (including phenoxy) is 2. The number of epoxide rings is 1. The molecule has 0 radical (unpaired) electrons. The number of carbonyl (C=O) groups excluding carboxylic acids is 3. The molecule has 0 spiro atoms. The molecule has 2 aromatic carbocycles. The van der Waals surface area contributed by atoms with Crippen LogP contribution < -0.4 is 21.1 Å². The number of aliphatic hydroxyl groups is 1. The van der Waals surface area contributed by atoms with E-state index in [0.29, 0.717) is 12.4 Å². The smallest absolute Gasteiger partial charge is 0.243 e. The van der Waals surface area contributed by atoms with Gasteiger partial charge in [0, 0.05) is 6.42 Å². The Morgan fingerprint density at radius 2 is 1.54 bits per heavy atom. The zero-order chi connectivity index (χ0) is 25.6. The van der Waals surface area contributed by atoms with Crippen LogP contribution in [0.25, 0.3) is 0 Å². The van der Waals surface area contributed by atoms with Crippen LogP contribution in [0.3, 0.4) is 0 Å². The highest BCUT2D eigenvalue weighted by Crippen LogP contribution is 2.29. The summed E-state index contributed by atoms with van der Waals surface area (Å²) in [4.78, 5) is 39.1. The van der Waals surface area contributed by atoms with Gasteiger partial charge in [-0.2, -0.15) is 0 Å². The zero-order valence-corrected chi connectivity index (χ0v) is 20.2. The molecule has 5 N–H and O–H groups in total. The van der Waals surface area contributed by atoms with E-state index in [1.54, 1.807) is 38.3 Å². The number of methoxy groups -OCH3 is 1. The molecule has 0 bridgehead atoms. The average Bonchev–Trinajstić information content (AvgIpc) is 3.61. The molecule has 1 heterocycles. The second-order valence-corrected chi connectivity index (χ2v) is 9.01. The van der Waals surface area contributed by atoms with Crippen molar-refractivity contribution < 1.29 is 29.0 Å². The largest absolute Gasteiger partial charge is 0.497 e. The molecule has 3 rings (SSSR count). The number of amides is 2. The first-order valence-electron chi connectivity index (χ1n) is 11.5. The maximum atomic E-state index is 13.4. The van der Waals surface area contributed by atoms with Crippen molar-refractivity contribution in [3.8, 4) is 5.75 Å². The van der Waals surface area contributed by atoms with E-state index in [0.717, 1.165) is 11.1 Å². The summed E-state index contributed by atoms with van der Waals surface area (Å²) in [5, 5.41) is 15.2. The summed E-state index contributed by atoms with van der Waals surface area (Å²) < 4.78 is 10.5. The minimum atomic E-state index is -1.21. The molecule has 0 aliphatic carbocycles. The fourth-order valence-corrected chi connectivity index (χ4v) is 3.64. The summed E-state index contributed by atoms with van der Waals surface area (Å²) in [7, 11) is 1.55. The third-order valence-corrected chi connectivity index (χ3v) is 6.07. The van der Waals surface area contributed by atoms with Crippen molar-refractivity contribution in [2.24, 2.45) is 5.73 Å². The van der Waals surface area contributed by atoms with Crippen LogP contribution in [0.2, 0.25) is 0 Å². The number of carbonyl (C=O) groups is 3. The second kappa shape index (κ2) is 11.4. The molecule has 1 aliphatic rings. The molecule has 2 aromatic rings. The number of rotatable bonds is 12. The zero-order valence-electron chi connectivity index (χ0n) is 20.2. The number of hydrogen-bond donors (Lipinski definition) is 4. The second-order valence-electron chi connectivity index (χ2n) is 9.01. The first kappa shape index (κ1) is 26.3. The van der Waals surface area contributed by atoms with Gasteiger partial charge in [-0.05, 0) is 43.5 Å². The van der Waals surface area contributed by atoms with E-state index in [9.17, 15) is 19.5 Å². The quantitative estimate of drug-likeness (QED) is 0.322. The van der Waals surface area contributed by atoms with Crippen LogP contribution in [0, 0.1) is 0 Å². The first-order chi connectivity index (χ1) is 16.6. The van der Waals surface area contributed by atoms with Gasteiger partial charge in [-0.15, -0.1) is 0 Å². The fraction of sp³-hybridized carbons (Fsp3) is 0.423. The molecule has 1 aliphatic heterocycles. The van der Waals surface area contributed by atoms with E-state index >= 15 is 0 Å². The molecule has 0 saturated carbocycles. The number of aliphatic hydroxyl groups excluding tert-OH is 1. The van der Waals surface area contributed by atoms with Gasteiger partial charge in [0.1, 0.15) is 23.4 Å². The van der Waals surface area contributed by atoms with Gasteiger partial charge >= 0.3 is 0 Å². The molecular weight excluding hydrogens is 450 g/mol. The maximum Gasteiger partial charge on any atom is 0.243 e. The molecule has 1 saturated heterocycles. The van der Waals surface area contributed by atoms with Crippen molar-refractivity contribution in [2.75, 3.05) is 13.7 Å². The van der Waals surface area contributed by atoms with E-state index in [2.05, 4.69) is 10.6 Å². The summed E-state index contributed by atoms with van der Waals surface area (Å²) in [6, 6.07) is 13.3. The van der Waals surface area contributed by atoms with Crippen LogP contribution in [-0.4, -0.2) is 66.3 Å². The van der Waals surface area contributed by atoms with E-state index in [4.69, 9.17) is 15.2 Å². The Kier molecular flexibility index (Phi) is 8.61. The van der Waals surface area contributed by atoms with Crippen molar-refractivity contribution in [1.29, 1.82) is 0 Å². The van der Waals surface area contributed by atoms with Crippen molar-refractivity contribution in [3.63, 3.8) is 0 Å². The Balaban J connectivity index is 1.81. The highest BCUT2D eigenvalue weighted by molar-refractivity contribution is 5.98. The van der Waals surface area contributed by atoms with Crippen LogP contribution in [0.5, 0.6) is 5.75 Å². The van der Waals surface area contributed by atoms with Gasteiger partial charge in [0.2, 0.25) is 11.8 Å².